The largest absolute Gasteiger partial charge is 0.507 e. The van der Waals surface area contributed by atoms with Crippen molar-refractivity contribution in [1.29, 1.82) is 0 Å². The molecule has 2 rings (SSSR count). The van der Waals surface area contributed by atoms with Gasteiger partial charge in [-0.05, 0) is 24.3 Å². The Kier molecular flexibility index (Phi) is 4.23. The number of carbonyl (C=O) groups is 1. The molecule has 1 atom stereocenters. The van der Waals surface area contributed by atoms with Crippen LogP contribution < -0.4 is 5.73 Å². The van der Waals surface area contributed by atoms with Gasteiger partial charge in [-0.3, -0.25) is 4.79 Å². The third-order valence-corrected chi connectivity index (χ3v) is 4.31. The number of amides is 1. The number of hydrogen-bond acceptors (Lipinski definition) is 3. The van der Waals surface area contributed by atoms with Gasteiger partial charge in [0, 0.05) is 13.0 Å². The van der Waals surface area contributed by atoms with Gasteiger partial charge >= 0.3 is 0 Å². The first-order chi connectivity index (χ1) is 10.1. The monoisotopic (exact) mass is 302 g/mol. The van der Waals surface area contributed by atoms with E-state index in [1.165, 1.54) is 0 Å². The molecule has 0 bridgehead atoms. The maximum atomic E-state index is 12.4. The summed E-state index contributed by atoms with van der Waals surface area (Å²) in [4.78, 5) is 14.1. The highest BCUT2D eigenvalue weighted by molar-refractivity contribution is 5.97. The van der Waals surface area contributed by atoms with Crippen molar-refractivity contribution in [3.63, 3.8) is 0 Å². The molecule has 1 aromatic carbocycles. The van der Waals surface area contributed by atoms with Gasteiger partial charge in [-0.1, -0.05) is 51.1 Å². The fourth-order valence-corrected chi connectivity index (χ4v) is 2.86. The lowest BCUT2D eigenvalue weighted by atomic mass is 9.88. The predicted molar refractivity (Wildman–Crippen MR) is 88.2 cm³/mol. The lowest BCUT2D eigenvalue weighted by Gasteiger charge is -2.37. The SMILES string of the molecule is CC(C)(C)CCN1C(=O)C(N)=C(O)C1(C)Cc1ccccc1. The van der Waals surface area contributed by atoms with Gasteiger partial charge in [0.05, 0.1) is 0 Å². The Balaban J connectivity index is 2.29. The molecule has 22 heavy (non-hydrogen) atoms. The van der Waals surface area contributed by atoms with E-state index in [-0.39, 0.29) is 22.8 Å². The van der Waals surface area contributed by atoms with Crippen LogP contribution in [0.25, 0.3) is 0 Å². The molecular formula is C18H26N2O2. The minimum Gasteiger partial charge on any atom is -0.507 e. The van der Waals surface area contributed by atoms with Crippen LogP contribution in [0.15, 0.2) is 41.8 Å². The van der Waals surface area contributed by atoms with Gasteiger partial charge in [-0.15, -0.1) is 0 Å². The summed E-state index contributed by atoms with van der Waals surface area (Å²) in [5.41, 5.74) is 6.21. The maximum Gasteiger partial charge on any atom is 0.274 e. The number of nitrogens with zero attached hydrogens (tertiary/aromatic N) is 1. The molecule has 1 aliphatic heterocycles. The zero-order valence-electron chi connectivity index (χ0n) is 13.9. The van der Waals surface area contributed by atoms with E-state index < -0.39 is 5.54 Å². The molecule has 0 spiro atoms. The van der Waals surface area contributed by atoms with E-state index in [9.17, 15) is 9.90 Å². The lowest BCUT2D eigenvalue weighted by Crippen LogP contribution is -2.49. The second kappa shape index (κ2) is 5.67. The van der Waals surface area contributed by atoms with Crippen LogP contribution in [0.2, 0.25) is 0 Å². The highest BCUT2D eigenvalue weighted by atomic mass is 16.3. The molecule has 1 amide bonds. The van der Waals surface area contributed by atoms with Crippen LogP contribution in [0.5, 0.6) is 0 Å². The third kappa shape index (κ3) is 3.11. The number of aliphatic hydroxyl groups excluding tert-OH is 1. The van der Waals surface area contributed by atoms with Crippen molar-refractivity contribution >= 4 is 5.91 Å². The normalized spacial score (nSPS) is 22.5. The summed E-state index contributed by atoms with van der Waals surface area (Å²) in [6.45, 7) is 8.88. The van der Waals surface area contributed by atoms with Crippen molar-refractivity contribution in [3.8, 4) is 0 Å². The summed E-state index contributed by atoms with van der Waals surface area (Å²) in [6.07, 6.45) is 1.40. The van der Waals surface area contributed by atoms with Gasteiger partial charge in [-0.2, -0.15) is 0 Å². The molecule has 4 heteroatoms. The quantitative estimate of drug-likeness (QED) is 0.898. The molecule has 1 unspecified atom stereocenters. The summed E-state index contributed by atoms with van der Waals surface area (Å²) in [5, 5.41) is 10.4. The van der Waals surface area contributed by atoms with Crippen molar-refractivity contribution < 1.29 is 9.90 Å². The number of nitrogens with two attached hydrogens (primary N) is 1. The molecule has 4 nitrogen and oxygen atoms in total. The fourth-order valence-electron chi connectivity index (χ4n) is 2.86. The van der Waals surface area contributed by atoms with Gasteiger partial charge in [0.25, 0.3) is 5.91 Å². The first-order valence-corrected chi connectivity index (χ1v) is 7.70. The number of benzene rings is 1. The van der Waals surface area contributed by atoms with Gasteiger partial charge in [0.2, 0.25) is 0 Å². The Hall–Kier alpha value is -1.97. The van der Waals surface area contributed by atoms with E-state index in [0.29, 0.717) is 13.0 Å². The first kappa shape index (κ1) is 16.4. The molecule has 1 aliphatic rings. The molecular weight excluding hydrogens is 276 g/mol. The van der Waals surface area contributed by atoms with E-state index >= 15 is 0 Å². The number of hydrogen-bond donors (Lipinski definition) is 2. The fraction of sp³-hybridized carbons (Fsp3) is 0.500. The standard InChI is InChI=1S/C18H26N2O2/c1-17(2,3)10-11-20-16(22)14(19)15(21)18(20,4)12-13-8-6-5-7-9-13/h5-9,21H,10-12,19H2,1-4H3. The Morgan fingerprint density at radius 2 is 1.82 bits per heavy atom. The highest BCUT2D eigenvalue weighted by Crippen LogP contribution is 2.36. The Labute approximate surface area is 132 Å². The molecule has 0 fully saturated rings. The Morgan fingerprint density at radius 1 is 1.23 bits per heavy atom. The van der Waals surface area contributed by atoms with Crippen molar-refractivity contribution in [3.05, 3.63) is 47.4 Å². The first-order valence-electron chi connectivity index (χ1n) is 7.70. The number of aliphatic hydroxyl groups is 1. The van der Waals surface area contributed by atoms with Crippen LogP contribution in [0, 0.1) is 5.41 Å². The van der Waals surface area contributed by atoms with Crippen molar-refractivity contribution in [2.24, 2.45) is 11.1 Å². The van der Waals surface area contributed by atoms with Crippen LogP contribution in [0.4, 0.5) is 0 Å². The third-order valence-electron chi connectivity index (χ3n) is 4.31. The number of carbonyl (C=O) groups excluding carboxylic acids is 1. The van der Waals surface area contributed by atoms with Crippen LogP contribution in [-0.4, -0.2) is 28.0 Å². The van der Waals surface area contributed by atoms with Crippen molar-refractivity contribution in [2.45, 2.75) is 46.1 Å². The summed E-state index contributed by atoms with van der Waals surface area (Å²) in [6, 6.07) is 9.87. The van der Waals surface area contributed by atoms with Gasteiger partial charge in [-0.25, -0.2) is 0 Å². The minimum absolute atomic E-state index is 0.00439. The highest BCUT2D eigenvalue weighted by Gasteiger charge is 2.48. The van der Waals surface area contributed by atoms with Crippen LogP contribution in [0.1, 0.15) is 39.7 Å². The van der Waals surface area contributed by atoms with Crippen LogP contribution in [-0.2, 0) is 11.2 Å². The molecule has 0 radical (unpaired) electrons. The second-order valence-electron chi connectivity index (χ2n) is 7.47. The molecule has 0 aliphatic carbocycles. The van der Waals surface area contributed by atoms with E-state index in [2.05, 4.69) is 20.8 Å². The van der Waals surface area contributed by atoms with E-state index in [4.69, 9.17) is 5.73 Å². The Bertz CT molecular complexity index is 587. The van der Waals surface area contributed by atoms with Crippen LogP contribution >= 0.6 is 0 Å². The molecule has 0 aromatic heterocycles. The maximum absolute atomic E-state index is 12.4. The summed E-state index contributed by atoms with van der Waals surface area (Å²) >= 11 is 0. The number of rotatable bonds is 4. The van der Waals surface area contributed by atoms with E-state index in [1.54, 1.807) is 4.90 Å². The smallest absolute Gasteiger partial charge is 0.274 e. The van der Waals surface area contributed by atoms with Gasteiger partial charge in [0.15, 0.2) is 0 Å². The summed E-state index contributed by atoms with van der Waals surface area (Å²) in [7, 11) is 0. The molecule has 1 heterocycles. The lowest BCUT2D eigenvalue weighted by molar-refractivity contribution is -0.130. The minimum atomic E-state index is -0.770. The van der Waals surface area contributed by atoms with Crippen LogP contribution in [0.3, 0.4) is 0 Å². The average molecular weight is 302 g/mol. The predicted octanol–water partition coefficient (Wildman–Crippen LogP) is 2.99. The van der Waals surface area contributed by atoms with Crippen molar-refractivity contribution in [2.75, 3.05) is 6.54 Å². The summed E-state index contributed by atoms with van der Waals surface area (Å²) in [5.74, 6) is -0.268. The second-order valence-corrected chi connectivity index (χ2v) is 7.47. The van der Waals surface area contributed by atoms with E-state index in [0.717, 1.165) is 12.0 Å². The topological polar surface area (TPSA) is 66.6 Å². The summed E-state index contributed by atoms with van der Waals surface area (Å²) < 4.78 is 0. The molecule has 3 N–H and O–H groups in total. The molecule has 120 valence electrons. The zero-order valence-corrected chi connectivity index (χ0v) is 13.9. The molecule has 0 saturated heterocycles. The molecule has 0 saturated carbocycles. The average Bonchev–Trinajstić information content (AvgIpc) is 2.59. The Morgan fingerprint density at radius 3 is 2.36 bits per heavy atom. The zero-order chi connectivity index (χ0) is 16.5. The molecule has 1 aromatic rings. The van der Waals surface area contributed by atoms with Gasteiger partial charge in [0.1, 0.15) is 17.0 Å². The van der Waals surface area contributed by atoms with Crippen molar-refractivity contribution in [1.82, 2.24) is 4.90 Å². The van der Waals surface area contributed by atoms with Gasteiger partial charge < -0.3 is 15.7 Å². The van der Waals surface area contributed by atoms with E-state index in [1.807, 2.05) is 37.3 Å².